The largest absolute Gasteiger partial charge is 0.418 e. The number of nitro benzene ring substituents is 1. The van der Waals surface area contributed by atoms with Crippen LogP contribution in [0.15, 0.2) is 11.2 Å². The van der Waals surface area contributed by atoms with Gasteiger partial charge in [0.1, 0.15) is 10.6 Å². The van der Waals surface area contributed by atoms with Gasteiger partial charge in [-0.2, -0.15) is 13.2 Å². The van der Waals surface area contributed by atoms with Crippen molar-refractivity contribution in [2.75, 3.05) is 5.32 Å². The van der Waals surface area contributed by atoms with Crippen molar-refractivity contribution in [2.45, 2.75) is 13.1 Å². The Hall–Kier alpha value is -3.02. The topological polar surface area (TPSA) is 128 Å². The van der Waals surface area contributed by atoms with Gasteiger partial charge in [0.15, 0.2) is 5.71 Å². The number of hydrogen-bond acceptors (Lipinski definition) is 7. The highest BCUT2D eigenvalue weighted by Crippen LogP contribution is 2.45. The van der Waals surface area contributed by atoms with Crippen molar-refractivity contribution >= 4 is 46.3 Å². The molecule has 0 atom stereocenters. The number of nitrogens with one attached hydrogen (secondary N) is 1. The minimum Gasteiger partial charge on any atom is -0.318 e. The quantitative estimate of drug-likeness (QED) is 0.362. The zero-order valence-corrected chi connectivity index (χ0v) is 12.7. The number of rotatable bonds is 2. The summed E-state index contributed by atoms with van der Waals surface area (Å²) in [6.45, 7) is 0.881. The van der Waals surface area contributed by atoms with Gasteiger partial charge in [0.25, 0.3) is 17.4 Å². The van der Waals surface area contributed by atoms with Gasteiger partial charge in [-0.1, -0.05) is 16.8 Å². The minimum atomic E-state index is -5.07. The molecule has 9 nitrogen and oxygen atoms in total. The van der Waals surface area contributed by atoms with Crippen LogP contribution in [0.25, 0.3) is 0 Å². The SMILES string of the molecule is CC(=O)ON=C1C(=O)C(=O)Nc2cc(C(F)(F)F)c(Cl)c([N+](=O)[O-])c21. The third-order valence-corrected chi connectivity index (χ3v) is 3.28. The monoisotopic (exact) mass is 379 g/mol. The van der Waals surface area contributed by atoms with Gasteiger partial charge >= 0.3 is 12.1 Å². The molecule has 0 saturated heterocycles. The normalized spacial score (nSPS) is 15.6. The summed E-state index contributed by atoms with van der Waals surface area (Å²) >= 11 is 5.49. The van der Waals surface area contributed by atoms with Crippen LogP contribution in [0, 0.1) is 10.1 Å². The molecule has 1 aliphatic heterocycles. The summed E-state index contributed by atoms with van der Waals surface area (Å²) in [7, 11) is 0. The Bertz CT molecular complexity index is 865. The van der Waals surface area contributed by atoms with E-state index in [1.165, 1.54) is 0 Å². The highest BCUT2D eigenvalue weighted by Gasteiger charge is 2.44. The molecule has 1 aromatic rings. The Morgan fingerprint density at radius 1 is 1.40 bits per heavy atom. The molecule has 132 valence electrons. The van der Waals surface area contributed by atoms with Crippen LogP contribution < -0.4 is 5.32 Å². The first-order chi connectivity index (χ1) is 11.4. The fraction of sp³-hybridized carbons (Fsp3) is 0.167. The molecule has 2 rings (SSSR count). The van der Waals surface area contributed by atoms with Crippen LogP contribution in [0.4, 0.5) is 24.5 Å². The first-order valence-electron chi connectivity index (χ1n) is 6.14. The fourth-order valence-electron chi connectivity index (χ4n) is 1.96. The van der Waals surface area contributed by atoms with Gasteiger partial charge in [-0.25, -0.2) is 4.79 Å². The molecule has 0 spiro atoms. The second kappa shape index (κ2) is 6.12. The van der Waals surface area contributed by atoms with E-state index >= 15 is 0 Å². The van der Waals surface area contributed by atoms with E-state index in [0.29, 0.717) is 6.07 Å². The van der Waals surface area contributed by atoms with Gasteiger partial charge in [0.2, 0.25) is 0 Å². The van der Waals surface area contributed by atoms with Crippen molar-refractivity contribution in [3.8, 4) is 0 Å². The van der Waals surface area contributed by atoms with Crippen LogP contribution in [0.1, 0.15) is 18.1 Å². The van der Waals surface area contributed by atoms with Crippen LogP contribution in [0.5, 0.6) is 0 Å². The standard InChI is InChI=1S/C12H5ClF3N3O6/c1-3(20)25-18-8-6-5(17-11(22)10(8)21)2-4(12(14,15)16)7(13)9(6)19(23)24/h2H,1H3,(H,17,22). The minimum absolute atomic E-state index is 0.318. The summed E-state index contributed by atoms with van der Waals surface area (Å²) in [6, 6.07) is 0.318. The van der Waals surface area contributed by atoms with Crippen LogP contribution in [-0.4, -0.2) is 28.3 Å². The maximum atomic E-state index is 13.0. The van der Waals surface area contributed by atoms with E-state index in [0.717, 1.165) is 6.92 Å². The second-order valence-electron chi connectivity index (χ2n) is 4.57. The number of Topliss-reactive ketones (excluding diaryl/α,β-unsaturated/α-hetero) is 1. The van der Waals surface area contributed by atoms with Crippen LogP contribution in [0.2, 0.25) is 5.02 Å². The van der Waals surface area contributed by atoms with E-state index in [9.17, 15) is 37.7 Å². The molecule has 0 aromatic heterocycles. The van der Waals surface area contributed by atoms with Crippen molar-refractivity contribution in [1.29, 1.82) is 0 Å². The average Bonchev–Trinajstić information content (AvgIpc) is 2.46. The number of fused-ring (bicyclic) bond motifs is 1. The predicted octanol–water partition coefficient (Wildman–Crippen LogP) is 2.06. The predicted molar refractivity (Wildman–Crippen MR) is 75.0 cm³/mol. The first kappa shape index (κ1) is 18.3. The summed E-state index contributed by atoms with van der Waals surface area (Å²) in [5.41, 5.74) is -5.45. The Morgan fingerprint density at radius 2 is 2.00 bits per heavy atom. The Balaban J connectivity index is 2.89. The lowest BCUT2D eigenvalue weighted by Gasteiger charge is -2.20. The molecule has 0 radical (unpaired) electrons. The molecule has 1 N–H and O–H groups in total. The average molecular weight is 380 g/mol. The van der Waals surface area contributed by atoms with Crippen LogP contribution in [-0.2, 0) is 25.4 Å². The number of ketones is 1. The highest BCUT2D eigenvalue weighted by atomic mass is 35.5. The van der Waals surface area contributed by atoms with E-state index < -0.39 is 62.0 Å². The van der Waals surface area contributed by atoms with E-state index in [4.69, 9.17) is 11.6 Å². The lowest BCUT2D eigenvalue weighted by atomic mass is 9.95. The summed E-state index contributed by atoms with van der Waals surface area (Å²) in [4.78, 5) is 48.4. The molecule has 0 unspecified atom stereocenters. The number of halogens is 4. The number of anilines is 1. The maximum Gasteiger partial charge on any atom is 0.418 e. The van der Waals surface area contributed by atoms with Crippen molar-refractivity contribution in [3.05, 3.63) is 32.3 Å². The van der Waals surface area contributed by atoms with E-state index in [2.05, 4.69) is 9.99 Å². The maximum absolute atomic E-state index is 13.0. The smallest absolute Gasteiger partial charge is 0.318 e. The zero-order chi connectivity index (χ0) is 19.1. The van der Waals surface area contributed by atoms with Gasteiger partial charge < -0.3 is 10.2 Å². The van der Waals surface area contributed by atoms with Gasteiger partial charge in [-0.05, 0) is 6.07 Å². The van der Waals surface area contributed by atoms with Gasteiger partial charge in [-0.15, -0.1) is 0 Å². The number of oxime groups is 1. The highest BCUT2D eigenvalue weighted by molar-refractivity contribution is 6.72. The fourth-order valence-corrected chi connectivity index (χ4v) is 2.28. The lowest BCUT2D eigenvalue weighted by Crippen LogP contribution is -2.37. The molecule has 1 aromatic carbocycles. The third-order valence-electron chi connectivity index (χ3n) is 2.90. The summed E-state index contributed by atoms with van der Waals surface area (Å²) < 4.78 is 39.0. The number of hydrogen-bond donors (Lipinski definition) is 1. The number of benzene rings is 1. The van der Waals surface area contributed by atoms with Crippen LogP contribution in [0.3, 0.4) is 0 Å². The molecular formula is C12H5ClF3N3O6. The molecule has 1 heterocycles. The molecule has 1 aliphatic rings. The van der Waals surface area contributed by atoms with Crippen molar-refractivity contribution in [1.82, 2.24) is 0 Å². The first-order valence-corrected chi connectivity index (χ1v) is 6.52. The Labute approximate surface area is 140 Å². The Morgan fingerprint density at radius 3 is 2.48 bits per heavy atom. The lowest BCUT2D eigenvalue weighted by molar-refractivity contribution is -0.385. The number of carbonyl (C=O) groups excluding carboxylic acids is 3. The zero-order valence-electron chi connectivity index (χ0n) is 11.9. The third kappa shape index (κ3) is 3.28. The number of carbonyl (C=O) groups is 3. The summed E-state index contributed by atoms with van der Waals surface area (Å²) in [5.74, 6) is -3.90. The number of alkyl halides is 3. The molecule has 0 fully saturated rings. The molecule has 25 heavy (non-hydrogen) atoms. The molecular weight excluding hydrogens is 375 g/mol. The van der Waals surface area contributed by atoms with Gasteiger partial charge in [-0.3, -0.25) is 19.7 Å². The van der Waals surface area contributed by atoms with E-state index in [1.807, 2.05) is 0 Å². The van der Waals surface area contributed by atoms with E-state index in [1.54, 1.807) is 5.32 Å². The molecule has 0 bridgehead atoms. The summed E-state index contributed by atoms with van der Waals surface area (Å²) in [5, 5.41) is 14.7. The second-order valence-corrected chi connectivity index (χ2v) is 4.95. The Kier molecular flexibility index (Phi) is 4.49. The van der Waals surface area contributed by atoms with Crippen LogP contribution >= 0.6 is 11.6 Å². The molecule has 0 aliphatic carbocycles. The number of amides is 1. The molecule has 13 heteroatoms. The summed E-state index contributed by atoms with van der Waals surface area (Å²) in [6.07, 6.45) is -5.07. The van der Waals surface area contributed by atoms with Gasteiger partial charge in [0, 0.05) is 6.92 Å². The number of nitro groups is 1. The molecule has 0 saturated carbocycles. The van der Waals surface area contributed by atoms with Crippen molar-refractivity contribution in [3.63, 3.8) is 0 Å². The van der Waals surface area contributed by atoms with Crippen molar-refractivity contribution < 1.29 is 37.3 Å². The van der Waals surface area contributed by atoms with Gasteiger partial charge in [0.05, 0.1) is 16.2 Å². The van der Waals surface area contributed by atoms with Crippen molar-refractivity contribution in [2.24, 2.45) is 5.16 Å². The van der Waals surface area contributed by atoms with E-state index in [-0.39, 0.29) is 0 Å². The number of nitrogens with zero attached hydrogens (tertiary/aromatic N) is 2. The molecule has 1 amide bonds.